The SMILES string of the molecule is CCCCCCCC/C=C\CCCCCCCC(=O)OCCOP(=O)(O)OCCNC(=O)CCCCC(=O)NCCCO[C@@H]1OC(CO)[C@@H](O[C@@H]2OC(CO)[C@H](O)C(O[C@H]3OC(CO)[C@H](O)C(O)C3O)C2O)C(O)C1NC(C)=O. The van der Waals surface area contributed by atoms with E-state index in [0.717, 1.165) is 45.4 Å². The fourth-order valence-electron chi connectivity index (χ4n) is 8.94. The molecule has 0 aromatic carbocycles. The van der Waals surface area contributed by atoms with Gasteiger partial charge in [0.1, 0.15) is 79.8 Å². The minimum absolute atomic E-state index is 0.0707. The standard InChI is InChI=1S/C51H92N3O24P/c1-3-4-5-6-7-8-9-10-11-12-13-14-15-16-17-23-39(61)70-28-29-73-79(68,69)72-27-25-53-38(60)22-19-18-21-37(59)52-24-20-26-71-49-40(54-33(2)58)43(64)47(36(32-57)76-49)77-51-46(67)48(42(63)35(31-56)75-51)78-50-45(66)44(65)41(62)34(30-55)74-50/h10-11,34-36,40-51,55-57,62-67H,3-9,12-32H2,1-2H3,(H,52,59)(H,53,60)(H,54,58)(H,68,69)/b11-10-/t34?,35?,36?,40?,41-,42-,43?,44?,45?,46?,47+,48?,49+,50+,51-/m0/s1. The van der Waals surface area contributed by atoms with Gasteiger partial charge >= 0.3 is 13.8 Å². The van der Waals surface area contributed by atoms with Gasteiger partial charge in [-0.1, -0.05) is 70.4 Å². The van der Waals surface area contributed by atoms with Gasteiger partial charge in [0.05, 0.1) is 39.6 Å². The van der Waals surface area contributed by atoms with Crippen molar-refractivity contribution in [1.82, 2.24) is 16.0 Å². The van der Waals surface area contributed by atoms with E-state index in [1.807, 2.05) is 0 Å². The summed E-state index contributed by atoms with van der Waals surface area (Å²) in [6.07, 6.45) is -2.94. The van der Waals surface area contributed by atoms with E-state index < -0.39 is 132 Å². The van der Waals surface area contributed by atoms with Gasteiger partial charge in [-0.2, -0.15) is 0 Å². The van der Waals surface area contributed by atoms with Crippen molar-refractivity contribution < 1.29 is 117 Å². The highest BCUT2D eigenvalue weighted by Crippen LogP contribution is 2.42. The monoisotopic (exact) mass is 1160 g/mol. The van der Waals surface area contributed by atoms with Crippen LogP contribution in [-0.4, -0.2) is 226 Å². The van der Waals surface area contributed by atoms with E-state index in [1.165, 1.54) is 38.5 Å². The summed E-state index contributed by atoms with van der Waals surface area (Å²) in [7, 11) is -4.46. The van der Waals surface area contributed by atoms with Gasteiger partial charge in [0.15, 0.2) is 18.9 Å². The number of unbranched alkanes of at least 4 members (excludes halogenated alkanes) is 12. The average molecular weight is 1160 g/mol. The van der Waals surface area contributed by atoms with E-state index in [0.29, 0.717) is 19.3 Å². The number of aliphatic hydroxyl groups is 9. The van der Waals surface area contributed by atoms with Crippen LogP contribution in [0.2, 0.25) is 0 Å². The Bertz CT molecular complexity index is 1790. The number of allylic oxidation sites excluding steroid dienone is 2. The molecule has 460 valence electrons. The van der Waals surface area contributed by atoms with Gasteiger partial charge in [-0.3, -0.25) is 28.2 Å². The van der Waals surface area contributed by atoms with Crippen molar-refractivity contribution in [3.8, 4) is 0 Å². The van der Waals surface area contributed by atoms with Gasteiger partial charge in [0.25, 0.3) is 0 Å². The van der Waals surface area contributed by atoms with Crippen LogP contribution >= 0.6 is 7.82 Å². The highest BCUT2D eigenvalue weighted by Gasteiger charge is 2.54. The summed E-state index contributed by atoms with van der Waals surface area (Å²) in [6, 6.07) is -1.34. The largest absolute Gasteiger partial charge is 0.472 e. The first-order valence-corrected chi connectivity index (χ1v) is 29.4. The van der Waals surface area contributed by atoms with E-state index >= 15 is 0 Å². The van der Waals surface area contributed by atoms with E-state index in [4.69, 9.17) is 42.2 Å². The average Bonchev–Trinajstić information content (AvgIpc) is 3.43. The van der Waals surface area contributed by atoms with Crippen molar-refractivity contribution in [3.05, 3.63) is 12.2 Å². The number of phosphoric acid groups is 1. The molecule has 3 heterocycles. The van der Waals surface area contributed by atoms with Crippen LogP contribution in [0.15, 0.2) is 12.2 Å². The Labute approximate surface area is 462 Å². The Morgan fingerprint density at radius 3 is 1.66 bits per heavy atom. The molecular weight excluding hydrogens is 1070 g/mol. The number of aliphatic hydroxyl groups excluding tert-OH is 9. The predicted molar refractivity (Wildman–Crippen MR) is 278 cm³/mol. The van der Waals surface area contributed by atoms with Crippen molar-refractivity contribution in [2.75, 3.05) is 59.3 Å². The topological polar surface area (TPSA) is 407 Å². The normalized spacial score (nSPS) is 29.9. The Balaban J connectivity index is 1.26. The van der Waals surface area contributed by atoms with Gasteiger partial charge in [0.2, 0.25) is 17.7 Å². The van der Waals surface area contributed by atoms with Gasteiger partial charge in [-0.05, 0) is 51.4 Å². The third kappa shape index (κ3) is 26.5. The molecule has 3 saturated heterocycles. The molecule has 0 aliphatic carbocycles. The van der Waals surface area contributed by atoms with Crippen LogP contribution in [0.5, 0.6) is 0 Å². The van der Waals surface area contributed by atoms with Gasteiger partial charge in [0, 0.05) is 39.3 Å². The lowest BCUT2D eigenvalue weighted by atomic mass is 9.95. The zero-order valence-electron chi connectivity index (χ0n) is 45.7. The highest BCUT2D eigenvalue weighted by atomic mass is 31.2. The van der Waals surface area contributed by atoms with Crippen LogP contribution in [0.3, 0.4) is 0 Å². The first kappa shape index (κ1) is 70.4. The zero-order valence-corrected chi connectivity index (χ0v) is 46.6. The second-order valence-corrected chi connectivity index (χ2v) is 21.3. The van der Waals surface area contributed by atoms with Crippen LogP contribution in [0.25, 0.3) is 0 Å². The molecule has 0 aromatic heterocycles. The number of ether oxygens (including phenoxy) is 7. The number of nitrogens with one attached hydrogen (secondary N) is 3. The van der Waals surface area contributed by atoms with Crippen molar-refractivity contribution in [1.29, 1.82) is 0 Å². The molecule has 3 aliphatic rings. The van der Waals surface area contributed by atoms with Crippen molar-refractivity contribution in [2.24, 2.45) is 0 Å². The van der Waals surface area contributed by atoms with Crippen LogP contribution in [0, 0.1) is 0 Å². The number of carbonyl (C=O) groups is 4. The lowest BCUT2D eigenvalue weighted by molar-refractivity contribution is -0.376. The Kier molecular flexibility index (Phi) is 35.3. The lowest BCUT2D eigenvalue weighted by Crippen LogP contribution is -2.68. The molecule has 27 nitrogen and oxygen atoms in total. The predicted octanol–water partition coefficient (Wildman–Crippen LogP) is -0.508. The number of phosphoric ester groups is 1. The molecule has 0 bridgehead atoms. The smallest absolute Gasteiger partial charge is 0.463 e. The highest BCUT2D eigenvalue weighted by molar-refractivity contribution is 7.47. The molecule has 3 rings (SSSR count). The molecule has 0 aromatic rings. The van der Waals surface area contributed by atoms with Gasteiger partial charge in [-0.15, -0.1) is 0 Å². The minimum Gasteiger partial charge on any atom is -0.463 e. The quantitative estimate of drug-likeness (QED) is 0.0159. The summed E-state index contributed by atoms with van der Waals surface area (Å²) >= 11 is 0. The van der Waals surface area contributed by atoms with E-state index in [9.17, 15) is 74.6 Å². The number of esters is 1. The van der Waals surface area contributed by atoms with E-state index in [2.05, 4.69) is 35.0 Å². The van der Waals surface area contributed by atoms with Crippen LogP contribution in [0.4, 0.5) is 0 Å². The molecule has 0 spiro atoms. The summed E-state index contributed by atoms with van der Waals surface area (Å²) in [5, 5.41) is 102. The summed E-state index contributed by atoms with van der Waals surface area (Å²) in [5.74, 6) is -1.72. The molecule has 0 saturated carbocycles. The molecule has 3 amide bonds. The zero-order chi connectivity index (χ0) is 58.2. The van der Waals surface area contributed by atoms with Gasteiger partial charge < -0.3 is 100.0 Å². The molecular formula is C51H92N3O24P. The lowest BCUT2D eigenvalue weighted by Gasteiger charge is -2.48. The fraction of sp³-hybridized carbons (Fsp3) is 0.882. The van der Waals surface area contributed by atoms with E-state index in [-0.39, 0.29) is 77.0 Å². The third-order valence-corrected chi connectivity index (χ3v) is 14.4. The number of rotatable bonds is 41. The number of amides is 3. The number of hydrogen-bond acceptors (Lipinski definition) is 23. The summed E-state index contributed by atoms with van der Waals surface area (Å²) in [6.45, 7) is -0.00168. The summed E-state index contributed by atoms with van der Waals surface area (Å²) in [5.41, 5.74) is 0. The molecule has 13 N–H and O–H groups in total. The second kappa shape index (κ2) is 39.6. The molecule has 3 fully saturated rings. The fourth-order valence-corrected chi connectivity index (χ4v) is 9.64. The minimum atomic E-state index is -4.46. The van der Waals surface area contributed by atoms with Crippen molar-refractivity contribution >= 4 is 31.5 Å². The molecule has 16 atom stereocenters. The number of hydrogen-bond donors (Lipinski definition) is 13. The maximum Gasteiger partial charge on any atom is 0.472 e. The summed E-state index contributed by atoms with van der Waals surface area (Å²) < 4.78 is 61.0. The summed E-state index contributed by atoms with van der Waals surface area (Å²) in [4.78, 5) is 58.9. The Morgan fingerprint density at radius 1 is 0.532 bits per heavy atom. The first-order chi connectivity index (χ1) is 37.9. The van der Waals surface area contributed by atoms with Crippen molar-refractivity contribution in [2.45, 2.75) is 228 Å². The van der Waals surface area contributed by atoms with Crippen LogP contribution < -0.4 is 16.0 Å². The van der Waals surface area contributed by atoms with Gasteiger partial charge in [-0.25, -0.2) is 4.57 Å². The van der Waals surface area contributed by atoms with Crippen LogP contribution in [0.1, 0.15) is 136 Å². The first-order valence-electron chi connectivity index (χ1n) is 27.9. The molecule has 10 unspecified atom stereocenters. The van der Waals surface area contributed by atoms with Crippen molar-refractivity contribution in [3.63, 3.8) is 0 Å². The number of carbonyl (C=O) groups excluding carboxylic acids is 4. The maximum absolute atomic E-state index is 12.5. The third-order valence-electron chi connectivity index (χ3n) is 13.4. The Hall–Kier alpha value is -2.87. The van der Waals surface area contributed by atoms with Crippen LogP contribution in [-0.2, 0) is 65.9 Å². The van der Waals surface area contributed by atoms with E-state index in [1.54, 1.807) is 0 Å². The molecule has 0 radical (unpaired) electrons. The maximum atomic E-state index is 12.5. The Morgan fingerprint density at radius 2 is 1.05 bits per heavy atom. The molecule has 3 aliphatic heterocycles. The molecule has 79 heavy (non-hydrogen) atoms. The second-order valence-electron chi connectivity index (χ2n) is 19.9. The molecule has 28 heteroatoms.